The van der Waals surface area contributed by atoms with E-state index in [4.69, 9.17) is 4.98 Å². The van der Waals surface area contributed by atoms with Crippen molar-refractivity contribution in [3.8, 4) is 0 Å². The maximum absolute atomic E-state index is 13.8. The van der Waals surface area contributed by atoms with E-state index in [2.05, 4.69) is 43.7 Å². The second-order valence-corrected chi connectivity index (χ2v) is 8.83. The van der Waals surface area contributed by atoms with Crippen LogP contribution < -0.4 is 4.90 Å². The fourth-order valence-electron chi connectivity index (χ4n) is 3.41. The summed E-state index contributed by atoms with van der Waals surface area (Å²) in [7, 11) is 0. The lowest BCUT2D eigenvalue weighted by molar-refractivity contribution is 0.0257. The molecule has 5 nitrogen and oxygen atoms in total. The number of nitrogens with zero attached hydrogens (tertiary/aromatic N) is 5. The first-order chi connectivity index (χ1) is 13.1. The highest BCUT2D eigenvalue weighted by atomic mass is 32.1. The van der Waals surface area contributed by atoms with E-state index in [0.717, 1.165) is 16.2 Å². The van der Waals surface area contributed by atoms with E-state index >= 15 is 0 Å². The highest BCUT2D eigenvalue weighted by Crippen LogP contribution is 2.36. The summed E-state index contributed by atoms with van der Waals surface area (Å²) < 4.78 is 29.4. The second kappa shape index (κ2) is 6.69. The lowest BCUT2D eigenvalue weighted by Gasteiger charge is -2.23. The van der Waals surface area contributed by atoms with Gasteiger partial charge >= 0.3 is 0 Å². The van der Waals surface area contributed by atoms with Gasteiger partial charge < -0.3 is 4.90 Å². The van der Waals surface area contributed by atoms with Crippen molar-refractivity contribution in [1.82, 2.24) is 20.0 Å². The molecule has 0 amide bonds. The third kappa shape index (κ3) is 3.57. The van der Waals surface area contributed by atoms with Gasteiger partial charge in [0.15, 0.2) is 11.2 Å². The molecule has 1 aromatic carbocycles. The number of halogens is 2. The van der Waals surface area contributed by atoms with E-state index in [9.17, 15) is 8.78 Å². The van der Waals surface area contributed by atoms with Gasteiger partial charge in [-0.15, -0.1) is 17.7 Å². The first-order valence-corrected chi connectivity index (χ1v) is 9.73. The molecule has 8 heteroatoms. The largest absolute Gasteiger partial charge is 0.363 e. The molecular formula is C20H23F2N5S. The van der Waals surface area contributed by atoms with Crippen molar-refractivity contribution in [3.05, 3.63) is 41.6 Å². The Hall–Kier alpha value is -2.22. The molecule has 3 aromatic rings. The third-order valence-electron chi connectivity index (χ3n) is 5.04. The molecule has 0 N–H and O–H groups in total. The van der Waals surface area contributed by atoms with Crippen LogP contribution in [0.1, 0.15) is 38.4 Å². The van der Waals surface area contributed by atoms with E-state index in [1.807, 2.05) is 30.3 Å². The highest BCUT2D eigenvalue weighted by molar-refractivity contribution is 7.80. The van der Waals surface area contributed by atoms with Crippen molar-refractivity contribution >= 4 is 29.5 Å². The van der Waals surface area contributed by atoms with Crippen molar-refractivity contribution in [2.45, 2.75) is 50.0 Å². The van der Waals surface area contributed by atoms with Gasteiger partial charge in [0.2, 0.25) is 0 Å². The smallest absolute Gasteiger partial charge is 0.266 e. The number of hydrogen-bond acceptors (Lipinski definition) is 5. The highest BCUT2D eigenvalue weighted by Gasteiger charge is 2.39. The molecule has 0 atom stereocenters. The monoisotopic (exact) mass is 403 g/mol. The summed E-state index contributed by atoms with van der Waals surface area (Å²) in [4.78, 5) is 7.36. The van der Waals surface area contributed by atoms with Crippen molar-refractivity contribution < 1.29 is 8.78 Å². The fraction of sp³-hybridized carbons (Fsp3) is 0.450. The molecule has 1 fully saturated rings. The molecule has 28 heavy (non-hydrogen) atoms. The summed E-state index contributed by atoms with van der Waals surface area (Å²) in [5.74, 6) is -2.68. The lowest BCUT2D eigenvalue weighted by atomic mass is 9.91. The zero-order valence-electron chi connectivity index (χ0n) is 16.2. The van der Waals surface area contributed by atoms with Gasteiger partial charge in [0.25, 0.3) is 5.92 Å². The van der Waals surface area contributed by atoms with Gasteiger partial charge in [-0.05, 0) is 17.7 Å². The molecule has 3 heterocycles. The molecule has 0 saturated carbocycles. The molecule has 0 aliphatic carbocycles. The summed E-state index contributed by atoms with van der Waals surface area (Å²) >= 11 is 4.51. The maximum atomic E-state index is 13.8. The van der Waals surface area contributed by atoms with Crippen molar-refractivity contribution in [2.75, 3.05) is 18.0 Å². The Kier molecular flexibility index (Phi) is 4.56. The van der Waals surface area contributed by atoms with Gasteiger partial charge in [-0.1, -0.05) is 44.2 Å². The van der Waals surface area contributed by atoms with Gasteiger partial charge in [-0.25, -0.2) is 18.4 Å². The van der Waals surface area contributed by atoms with Crippen molar-refractivity contribution in [3.63, 3.8) is 0 Å². The van der Waals surface area contributed by atoms with E-state index in [1.165, 1.54) is 0 Å². The minimum atomic E-state index is -2.68. The van der Waals surface area contributed by atoms with E-state index in [0.29, 0.717) is 29.9 Å². The first-order valence-electron chi connectivity index (χ1n) is 9.28. The minimum Gasteiger partial charge on any atom is -0.363 e. The van der Waals surface area contributed by atoms with Gasteiger partial charge in [-0.2, -0.15) is 0 Å². The molecule has 0 unspecified atom stereocenters. The molecule has 0 radical (unpaired) electrons. The van der Waals surface area contributed by atoms with E-state index in [1.54, 1.807) is 9.58 Å². The van der Waals surface area contributed by atoms with Crippen LogP contribution in [0.2, 0.25) is 0 Å². The van der Waals surface area contributed by atoms with Crippen LogP contribution in [-0.4, -0.2) is 39.0 Å². The molecule has 1 aliphatic rings. The summed E-state index contributed by atoms with van der Waals surface area (Å²) in [5.41, 5.74) is 3.43. The number of alkyl halides is 2. The predicted octanol–water partition coefficient (Wildman–Crippen LogP) is 4.31. The molecule has 1 aliphatic heterocycles. The number of anilines is 1. The summed E-state index contributed by atoms with van der Waals surface area (Å²) in [6, 6.07) is 9.65. The summed E-state index contributed by atoms with van der Waals surface area (Å²) in [6.07, 6.45) is -0.150. The van der Waals surface area contributed by atoms with Crippen molar-refractivity contribution in [1.29, 1.82) is 0 Å². The van der Waals surface area contributed by atoms with Crippen LogP contribution in [-0.2, 0) is 12.0 Å². The fourth-order valence-corrected chi connectivity index (χ4v) is 3.64. The Bertz CT molecular complexity index is 1030. The number of aromatic nitrogens is 4. The van der Waals surface area contributed by atoms with Gasteiger partial charge in [-0.3, -0.25) is 0 Å². The van der Waals surface area contributed by atoms with Gasteiger partial charge in [0.1, 0.15) is 0 Å². The van der Waals surface area contributed by atoms with Crippen LogP contribution in [0.15, 0.2) is 35.2 Å². The molecule has 0 bridgehead atoms. The Morgan fingerprint density at radius 2 is 1.96 bits per heavy atom. The first kappa shape index (κ1) is 19.1. The Labute approximate surface area is 168 Å². The number of hydrogen-bond donors (Lipinski definition) is 1. The van der Waals surface area contributed by atoms with Crippen LogP contribution >= 0.6 is 12.6 Å². The number of pyridine rings is 1. The minimum absolute atomic E-state index is 0.150. The van der Waals surface area contributed by atoms with Crippen LogP contribution in [0.3, 0.4) is 0 Å². The maximum Gasteiger partial charge on any atom is 0.266 e. The normalized spacial score (nSPS) is 16.9. The Morgan fingerprint density at radius 1 is 1.21 bits per heavy atom. The van der Waals surface area contributed by atoms with Crippen LogP contribution in [0.4, 0.5) is 14.5 Å². The number of benzene rings is 1. The predicted molar refractivity (Wildman–Crippen MR) is 109 cm³/mol. The number of thiol groups is 1. The van der Waals surface area contributed by atoms with E-state index in [-0.39, 0.29) is 18.4 Å². The molecule has 4 rings (SSSR count). The number of fused-ring (bicyclic) bond motifs is 1. The summed E-state index contributed by atoms with van der Waals surface area (Å²) in [5, 5.41) is 8.58. The van der Waals surface area contributed by atoms with Crippen LogP contribution in [0.5, 0.6) is 0 Å². The molecule has 2 aromatic heterocycles. The molecular weight excluding hydrogens is 380 g/mol. The van der Waals surface area contributed by atoms with Crippen LogP contribution in [0.25, 0.3) is 11.2 Å². The third-order valence-corrected chi connectivity index (χ3v) is 5.48. The van der Waals surface area contributed by atoms with Gasteiger partial charge in [0, 0.05) is 23.3 Å². The lowest BCUT2D eigenvalue weighted by Crippen LogP contribution is -2.26. The van der Waals surface area contributed by atoms with E-state index < -0.39 is 5.92 Å². The molecule has 148 valence electrons. The quantitative estimate of drug-likeness (QED) is 0.662. The average molecular weight is 404 g/mol. The average Bonchev–Trinajstić information content (AvgIpc) is 3.18. The molecule has 1 saturated heterocycles. The standard InChI is InChI=1S/C20H23F2N5S/c1-19(2,3)16-10-14(26-9-8-20(21,22)12-26)17-18(23-16)27(25-24-17)11-13-6-4-5-7-15(13)28/h4-7,10,28H,8-9,11-12H2,1-3H3. The van der Waals surface area contributed by atoms with Crippen LogP contribution in [0, 0.1) is 0 Å². The summed E-state index contributed by atoms with van der Waals surface area (Å²) in [6.45, 7) is 6.62. The topological polar surface area (TPSA) is 46.8 Å². The SMILES string of the molecule is CC(C)(C)c1cc(N2CCC(F)(F)C2)c2nnn(Cc3ccccc3S)c2n1. The number of rotatable bonds is 3. The Balaban J connectivity index is 1.84. The van der Waals surface area contributed by atoms with Crippen molar-refractivity contribution in [2.24, 2.45) is 0 Å². The zero-order valence-corrected chi connectivity index (χ0v) is 17.0. The zero-order chi connectivity index (χ0) is 20.1. The second-order valence-electron chi connectivity index (χ2n) is 8.35. The molecule has 0 spiro atoms. The van der Waals surface area contributed by atoms with Gasteiger partial charge in [0.05, 0.1) is 24.5 Å². The Morgan fingerprint density at radius 3 is 2.61 bits per heavy atom.